The maximum absolute atomic E-state index is 12.4. The third-order valence-electron chi connectivity index (χ3n) is 3.12. The number of hydrogen-bond acceptors (Lipinski definition) is 1. The van der Waals surface area contributed by atoms with Crippen molar-refractivity contribution < 1.29 is 0 Å². The first kappa shape index (κ1) is 12.4. The lowest BCUT2D eigenvalue weighted by molar-refractivity contribution is 0.630. The van der Waals surface area contributed by atoms with E-state index in [0.29, 0.717) is 0 Å². The number of hydrogen-bond donors (Lipinski definition) is 0. The van der Waals surface area contributed by atoms with Gasteiger partial charge in [0.05, 0.1) is 11.3 Å². The summed E-state index contributed by atoms with van der Waals surface area (Å²) in [5.74, 6) is 0. The van der Waals surface area contributed by atoms with Gasteiger partial charge in [0, 0.05) is 12.7 Å². The van der Waals surface area contributed by atoms with Crippen LogP contribution in [0.15, 0.2) is 41.2 Å². The molecule has 1 aromatic heterocycles. The molecule has 1 aromatic carbocycles. The van der Waals surface area contributed by atoms with E-state index in [-0.39, 0.29) is 5.56 Å². The summed E-state index contributed by atoms with van der Waals surface area (Å²) in [6.45, 7) is 4.03. The predicted molar refractivity (Wildman–Crippen MR) is 75.1 cm³/mol. The van der Waals surface area contributed by atoms with Gasteiger partial charge in [0.2, 0.25) is 0 Å². The predicted octanol–water partition coefficient (Wildman–Crippen LogP) is 2.91. The Hall–Kier alpha value is -2.03. The number of allylic oxidation sites excluding steroid dienone is 1. The number of nitrogens with zero attached hydrogens (tertiary/aromatic N) is 2. The molecule has 3 heteroatoms. The molecule has 0 atom stereocenters. The van der Waals surface area contributed by atoms with Crippen molar-refractivity contribution in [3.05, 3.63) is 58.0 Å². The third-order valence-corrected chi connectivity index (χ3v) is 3.12. The van der Waals surface area contributed by atoms with E-state index in [2.05, 4.69) is 6.92 Å². The standard InChI is InChI=1S/C15H18N2O/c1-4-5-11-14-12(2)16(3)17(15(14)18)13-9-7-6-8-10-13/h5-11H,4H2,1-3H3/b11-5+. The third kappa shape index (κ3) is 2.04. The van der Waals surface area contributed by atoms with E-state index in [1.807, 2.05) is 61.1 Å². The second kappa shape index (κ2) is 5.08. The van der Waals surface area contributed by atoms with Gasteiger partial charge in [-0.3, -0.25) is 9.48 Å². The van der Waals surface area contributed by atoms with Gasteiger partial charge in [-0.25, -0.2) is 4.68 Å². The second-order valence-electron chi connectivity index (χ2n) is 4.29. The van der Waals surface area contributed by atoms with Crippen LogP contribution in [-0.4, -0.2) is 9.36 Å². The van der Waals surface area contributed by atoms with Crippen LogP contribution in [0.5, 0.6) is 0 Å². The molecule has 0 N–H and O–H groups in total. The molecule has 0 fully saturated rings. The van der Waals surface area contributed by atoms with Crippen LogP contribution in [0.4, 0.5) is 0 Å². The minimum Gasteiger partial charge on any atom is -0.285 e. The van der Waals surface area contributed by atoms with Gasteiger partial charge in [0.1, 0.15) is 0 Å². The zero-order valence-corrected chi connectivity index (χ0v) is 11.1. The highest BCUT2D eigenvalue weighted by molar-refractivity contribution is 5.52. The molecule has 0 saturated carbocycles. The van der Waals surface area contributed by atoms with E-state index in [0.717, 1.165) is 23.4 Å². The van der Waals surface area contributed by atoms with Gasteiger partial charge in [0.15, 0.2) is 0 Å². The van der Waals surface area contributed by atoms with E-state index in [1.54, 1.807) is 4.68 Å². The van der Waals surface area contributed by atoms with Gasteiger partial charge in [-0.1, -0.05) is 37.3 Å². The first-order valence-corrected chi connectivity index (χ1v) is 6.17. The molecule has 0 radical (unpaired) electrons. The molecule has 0 aliphatic rings. The van der Waals surface area contributed by atoms with Crippen LogP contribution >= 0.6 is 0 Å². The summed E-state index contributed by atoms with van der Waals surface area (Å²) in [7, 11) is 1.91. The van der Waals surface area contributed by atoms with E-state index in [1.165, 1.54) is 0 Å². The van der Waals surface area contributed by atoms with Gasteiger partial charge in [-0.05, 0) is 25.5 Å². The van der Waals surface area contributed by atoms with Crippen molar-refractivity contribution in [3.63, 3.8) is 0 Å². The molecule has 0 spiro atoms. The lowest BCUT2D eigenvalue weighted by atomic mass is 10.2. The van der Waals surface area contributed by atoms with E-state index in [4.69, 9.17) is 0 Å². The highest BCUT2D eigenvalue weighted by Crippen LogP contribution is 2.11. The van der Waals surface area contributed by atoms with Crippen molar-refractivity contribution in [2.45, 2.75) is 20.3 Å². The van der Waals surface area contributed by atoms with Crippen molar-refractivity contribution in [2.75, 3.05) is 0 Å². The fraction of sp³-hybridized carbons (Fsp3) is 0.267. The summed E-state index contributed by atoms with van der Waals surface area (Å²) < 4.78 is 3.59. The van der Waals surface area contributed by atoms with Crippen LogP contribution in [-0.2, 0) is 7.05 Å². The summed E-state index contributed by atoms with van der Waals surface area (Å²) in [6, 6.07) is 9.70. The summed E-state index contributed by atoms with van der Waals surface area (Å²) in [5, 5.41) is 0. The number of aromatic nitrogens is 2. The van der Waals surface area contributed by atoms with Gasteiger partial charge in [-0.2, -0.15) is 0 Å². The maximum atomic E-state index is 12.4. The van der Waals surface area contributed by atoms with Crippen LogP contribution in [0.2, 0.25) is 0 Å². The largest absolute Gasteiger partial charge is 0.285 e. The number of rotatable bonds is 3. The van der Waals surface area contributed by atoms with Gasteiger partial charge in [0.25, 0.3) is 5.56 Å². The molecule has 94 valence electrons. The molecule has 3 nitrogen and oxygen atoms in total. The molecule has 0 aliphatic carbocycles. The Balaban J connectivity index is 2.64. The van der Waals surface area contributed by atoms with Crippen LogP contribution in [0.3, 0.4) is 0 Å². The zero-order chi connectivity index (χ0) is 13.1. The Morgan fingerprint density at radius 3 is 2.50 bits per heavy atom. The first-order chi connectivity index (χ1) is 8.66. The van der Waals surface area contributed by atoms with Crippen molar-refractivity contribution in [1.29, 1.82) is 0 Å². The minimum absolute atomic E-state index is 0.0332. The normalized spacial score (nSPS) is 11.3. The first-order valence-electron chi connectivity index (χ1n) is 6.17. The fourth-order valence-corrected chi connectivity index (χ4v) is 2.02. The molecule has 0 bridgehead atoms. The van der Waals surface area contributed by atoms with Crippen LogP contribution < -0.4 is 5.56 Å². The molecule has 1 heterocycles. The SMILES string of the molecule is CC/C=C/c1c(C)n(C)n(-c2ccccc2)c1=O. The highest BCUT2D eigenvalue weighted by Gasteiger charge is 2.13. The summed E-state index contributed by atoms with van der Waals surface area (Å²) in [4.78, 5) is 12.4. The molecule has 18 heavy (non-hydrogen) atoms. The molecule has 0 amide bonds. The molecule has 0 saturated heterocycles. The Morgan fingerprint density at radius 2 is 1.89 bits per heavy atom. The smallest absolute Gasteiger partial charge is 0.278 e. The maximum Gasteiger partial charge on any atom is 0.278 e. The zero-order valence-electron chi connectivity index (χ0n) is 11.1. The average molecular weight is 242 g/mol. The second-order valence-corrected chi connectivity index (χ2v) is 4.29. The Kier molecular flexibility index (Phi) is 3.51. The molecular formula is C15H18N2O. The van der Waals surface area contributed by atoms with Crippen LogP contribution in [0, 0.1) is 6.92 Å². The molecule has 0 unspecified atom stereocenters. The average Bonchev–Trinajstić information content (AvgIpc) is 2.60. The van der Waals surface area contributed by atoms with E-state index in [9.17, 15) is 4.79 Å². The van der Waals surface area contributed by atoms with Crippen molar-refractivity contribution in [1.82, 2.24) is 9.36 Å². The molecule has 2 rings (SSSR count). The van der Waals surface area contributed by atoms with Crippen LogP contribution in [0.1, 0.15) is 24.6 Å². The van der Waals surface area contributed by atoms with Crippen molar-refractivity contribution in [2.24, 2.45) is 7.05 Å². The van der Waals surface area contributed by atoms with E-state index < -0.39 is 0 Å². The Bertz CT molecular complexity index is 618. The summed E-state index contributed by atoms with van der Waals surface area (Å²) in [6.07, 6.45) is 4.86. The summed E-state index contributed by atoms with van der Waals surface area (Å²) in [5.41, 5.74) is 2.67. The highest BCUT2D eigenvalue weighted by atomic mass is 16.1. The molecular weight excluding hydrogens is 224 g/mol. The van der Waals surface area contributed by atoms with Gasteiger partial charge < -0.3 is 0 Å². The fourth-order valence-electron chi connectivity index (χ4n) is 2.02. The minimum atomic E-state index is 0.0332. The molecule has 0 aliphatic heterocycles. The van der Waals surface area contributed by atoms with Crippen molar-refractivity contribution in [3.8, 4) is 5.69 Å². The van der Waals surface area contributed by atoms with Crippen molar-refractivity contribution >= 4 is 6.08 Å². The lowest BCUT2D eigenvalue weighted by Gasteiger charge is -2.07. The number of para-hydroxylation sites is 1. The van der Waals surface area contributed by atoms with Gasteiger partial charge in [-0.15, -0.1) is 0 Å². The lowest BCUT2D eigenvalue weighted by Crippen LogP contribution is -2.20. The Morgan fingerprint density at radius 1 is 1.22 bits per heavy atom. The topological polar surface area (TPSA) is 26.9 Å². The summed E-state index contributed by atoms with van der Waals surface area (Å²) >= 11 is 0. The van der Waals surface area contributed by atoms with Crippen LogP contribution in [0.25, 0.3) is 11.8 Å². The van der Waals surface area contributed by atoms with E-state index >= 15 is 0 Å². The molecule has 2 aromatic rings. The van der Waals surface area contributed by atoms with Gasteiger partial charge >= 0.3 is 0 Å². The number of benzene rings is 1. The monoisotopic (exact) mass is 242 g/mol. The Labute approximate surface area is 107 Å². The quantitative estimate of drug-likeness (QED) is 0.813.